The SMILES string of the molecule is CC1(C)c2ccccc2-c2ccc(-c3ccc4sc5c(c4c3)c3ccccc3c3c5c4ccc(-c5ccccc5)cc4n3-c3ccccc3)cc21. The van der Waals surface area contributed by atoms with E-state index >= 15 is 0 Å². The predicted octanol–water partition coefficient (Wildman–Crippen LogP) is 13.9. The molecule has 0 aliphatic heterocycles. The first-order chi connectivity index (χ1) is 25.1. The number of fused-ring (bicyclic) bond motifs is 13. The lowest BCUT2D eigenvalue weighted by atomic mass is 9.81. The second-order valence-electron chi connectivity index (χ2n) is 14.5. The van der Waals surface area contributed by atoms with Crippen LogP contribution in [0.3, 0.4) is 0 Å². The Balaban J connectivity index is 1.21. The molecule has 0 saturated carbocycles. The van der Waals surface area contributed by atoms with Gasteiger partial charge in [0.05, 0.1) is 11.0 Å². The molecule has 0 unspecified atom stereocenters. The Morgan fingerprint density at radius 2 is 1.10 bits per heavy atom. The lowest BCUT2D eigenvalue weighted by Crippen LogP contribution is -2.14. The van der Waals surface area contributed by atoms with Crippen molar-refractivity contribution in [1.29, 1.82) is 0 Å². The first-order valence-electron chi connectivity index (χ1n) is 17.8. The van der Waals surface area contributed by atoms with Gasteiger partial charge in [-0.3, -0.25) is 0 Å². The third kappa shape index (κ3) is 4.03. The minimum absolute atomic E-state index is 0.0315. The van der Waals surface area contributed by atoms with Crippen molar-refractivity contribution in [3.63, 3.8) is 0 Å². The summed E-state index contributed by atoms with van der Waals surface area (Å²) in [7, 11) is 0. The van der Waals surface area contributed by atoms with E-state index in [-0.39, 0.29) is 5.41 Å². The van der Waals surface area contributed by atoms with E-state index < -0.39 is 0 Å². The molecular weight excluding hydrogens is 635 g/mol. The molecule has 0 radical (unpaired) electrons. The summed E-state index contributed by atoms with van der Waals surface area (Å²) in [6.45, 7) is 4.73. The van der Waals surface area contributed by atoms with Crippen molar-refractivity contribution < 1.29 is 0 Å². The van der Waals surface area contributed by atoms with Crippen LogP contribution in [0.4, 0.5) is 0 Å². The summed E-state index contributed by atoms with van der Waals surface area (Å²) in [6, 6.07) is 60.8. The van der Waals surface area contributed by atoms with Crippen LogP contribution in [-0.4, -0.2) is 4.57 Å². The number of aromatic nitrogens is 1. The van der Waals surface area contributed by atoms with Crippen LogP contribution >= 0.6 is 11.3 Å². The van der Waals surface area contributed by atoms with Crippen LogP contribution in [-0.2, 0) is 5.41 Å². The van der Waals surface area contributed by atoms with E-state index in [1.165, 1.54) is 103 Å². The van der Waals surface area contributed by atoms with Crippen LogP contribution in [0.2, 0.25) is 0 Å². The normalized spacial score (nSPS) is 13.5. The standard InChI is InChI=1S/C49H33NS/c1-49(2)41-20-12-11-17-35(41)36-24-21-32(28-42(36)49)31-23-26-44-40(27-31)45-37-18-9-10-19-38(37)47-46(48(45)51-44)39-25-22-33(30-13-5-3-6-14-30)29-43(39)50(47)34-15-7-4-8-16-34/h3-29H,1-2H3. The summed E-state index contributed by atoms with van der Waals surface area (Å²) in [5.74, 6) is 0. The summed E-state index contributed by atoms with van der Waals surface area (Å²) in [5.41, 5.74) is 14.2. The average Bonchev–Trinajstić information content (AvgIpc) is 3.81. The second kappa shape index (κ2) is 10.5. The Morgan fingerprint density at radius 3 is 1.94 bits per heavy atom. The zero-order valence-electron chi connectivity index (χ0n) is 28.4. The van der Waals surface area contributed by atoms with E-state index in [1.807, 2.05) is 11.3 Å². The Hall–Kier alpha value is -5.96. The van der Waals surface area contributed by atoms with Crippen molar-refractivity contribution >= 4 is 64.1 Å². The number of nitrogens with zero attached hydrogens (tertiary/aromatic N) is 1. The quantitative estimate of drug-likeness (QED) is 0.177. The maximum absolute atomic E-state index is 2.50. The van der Waals surface area contributed by atoms with E-state index in [0.29, 0.717) is 0 Å². The second-order valence-corrected chi connectivity index (χ2v) is 15.5. The molecule has 2 aromatic heterocycles. The highest BCUT2D eigenvalue weighted by Gasteiger charge is 2.35. The maximum atomic E-state index is 2.50. The van der Waals surface area contributed by atoms with E-state index in [0.717, 1.165) is 0 Å². The predicted molar refractivity (Wildman–Crippen MR) is 220 cm³/mol. The lowest BCUT2D eigenvalue weighted by Gasteiger charge is -2.22. The molecule has 10 aromatic rings. The van der Waals surface area contributed by atoms with Gasteiger partial charge in [-0.25, -0.2) is 0 Å². The van der Waals surface area contributed by atoms with Gasteiger partial charge >= 0.3 is 0 Å². The molecule has 240 valence electrons. The molecule has 0 saturated heterocycles. The first kappa shape index (κ1) is 28.8. The van der Waals surface area contributed by atoms with Crippen LogP contribution in [0.15, 0.2) is 164 Å². The Kier molecular flexibility index (Phi) is 5.95. The smallest absolute Gasteiger partial charge is 0.0634 e. The number of para-hydroxylation sites is 1. The molecule has 2 heteroatoms. The summed E-state index contributed by atoms with van der Waals surface area (Å²) in [4.78, 5) is 0. The van der Waals surface area contributed by atoms with E-state index in [1.54, 1.807) is 0 Å². The summed E-state index contributed by atoms with van der Waals surface area (Å²) < 4.78 is 5.18. The van der Waals surface area contributed by atoms with Gasteiger partial charge in [0, 0.05) is 47.4 Å². The van der Waals surface area contributed by atoms with E-state index in [9.17, 15) is 0 Å². The number of hydrogen-bond donors (Lipinski definition) is 0. The molecule has 0 atom stereocenters. The van der Waals surface area contributed by atoms with E-state index in [2.05, 4.69) is 182 Å². The summed E-state index contributed by atoms with van der Waals surface area (Å²) >= 11 is 1.93. The van der Waals surface area contributed by atoms with Gasteiger partial charge in [-0.2, -0.15) is 0 Å². The highest BCUT2D eigenvalue weighted by molar-refractivity contribution is 7.27. The molecule has 8 aromatic carbocycles. The fourth-order valence-electron chi connectivity index (χ4n) is 8.94. The molecule has 51 heavy (non-hydrogen) atoms. The molecular formula is C49H33NS. The van der Waals surface area contributed by atoms with Crippen molar-refractivity contribution in [2.45, 2.75) is 19.3 Å². The van der Waals surface area contributed by atoms with Crippen molar-refractivity contribution in [3.05, 3.63) is 175 Å². The molecule has 1 aliphatic carbocycles. The van der Waals surface area contributed by atoms with Crippen molar-refractivity contribution in [2.75, 3.05) is 0 Å². The van der Waals surface area contributed by atoms with Crippen LogP contribution in [0, 0.1) is 0 Å². The minimum atomic E-state index is -0.0315. The summed E-state index contributed by atoms with van der Waals surface area (Å²) in [6.07, 6.45) is 0. The number of benzene rings is 8. The van der Waals surface area contributed by atoms with Gasteiger partial charge in [0.2, 0.25) is 0 Å². The van der Waals surface area contributed by atoms with Crippen LogP contribution in [0.5, 0.6) is 0 Å². The first-order valence-corrected chi connectivity index (χ1v) is 18.6. The van der Waals surface area contributed by atoms with Gasteiger partial charge in [-0.15, -0.1) is 11.3 Å². The number of rotatable bonds is 3. The highest BCUT2D eigenvalue weighted by atomic mass is 32.1. The van der Waals surface area contributed by atoms with Gasteiger partial charge in [0.25, 0.3) is 0 Å². The molecule has 1 nitrogen and oxygen atoms in total. The molecule has 11 rings (SSSR count). The number of hydrogen-bond acceptors (Lipinski definition) is 1. The Bertz CT molecular complexity index is 3030. The monoisotopic (exact) mass is 667 g/mol. The van der Waals surface area contributed by atoms with Crippen molar-refractivity contribution in [2.24, 2.45) is 0 Å². The topological polar surface area (TPSA) is 4.93 Å². The lowest BCUT2D eigenvalue weighted by molar-refractivity contribution is 0.660. The van der Waals surface area contributed by atoms with Crippen LogP contribution in [0.1, 0.15) is 25.0 Å². The van der Waals surface area contributed by atoms with Gasteiger partial charge in [-0.05, 0) is 86.3 Å². The Morgan fingerprint density at radius 1 is 0.451 bits per heavy atom. The van der Waals surface area contributed by atoms with Gasteiger partial charge in [0.1, 0.15) is 0 Å². The largest absolute Gasteiger partial charge is 0.309 e. The fraction of sp³-hybridized carbons (Fsp3) is 0.0612. The third-order valence-corrected chi connectivity index (χ3v) is 12.6. The summed E-state index contributed by atoms with van der Waals surface area (Å²) in [5, 5.41) is 7.89. The zero-order chi connectivity index (χ0) is 33.8. The van der Waals surface area contributed by atoms with Gasteiger partial charge < -0.3 is 4.57 Å². The molecule has 0 fully saturated rings. The van der Waals surface area contributed by atoms with Gasteiger partial charge in [0.15, 0.2) is 0 Å². The molecule has 0 N–H and O–H groups in total. The van der Waals surface area contributed by atoms with Crippen LogP contribution in [0.25, 0.3) is 91.8 Å². The van der Waals surface area contributed by atoms with Crippen molar-refractivity contribution in [3.8, 4) is 39.1 Å². The average molecular weight is 668 g/mol. The van der Waals surface area contributed by atoms with Gasteiger partial charge in [-0.1, -0.05) is 141 Å². The van der Waals surface area contributed by atoms with Crippen LogP contribution < -0.4 is 0 Å². The van der Waals surface area contributed by atoms with Crippen molar-refractivity contribution in [1.82, 2.24) is 4.57 Å². The third-order valence-electron chi connectivity index (χ3n) is 11.4. The maximum Gasteiger partial charge on any atom is 0.0634 e. The molecule has 0 amide bonds. The number of thiophene rings is 1. The molecule has 2 heterocycles. The van der Waals surface area contributed by atoms with E-state index in [4.69, 9.17) is 0 Å². The molecule has 0 spiro atoms. The zero-order valence-corrected chi connectivity index (χ0v) is 29.3. The highest BCUT2D eigenvalue weighted by Crippen LogP contribution is 2.51. The fourth-order valence-corrected chi connectivity index (χ4v) is 10.2. The minimum Gasteiger partial charge on any atom is -0.309 e. The molecule has 1 aliphatic rings. The molecule has 0 bridgehead atoms. The Labute approximate surface area is 300 Å².